The van der Waals surface area contributed by atoms with E-state index in [-0.39, 0.29) is 19.2 Å². The molecule has 0 aromatic heterocycles. The molecule has 6 nitrogen and oxygen atoms in total. The SMILES string of the molecule is CN(C)C(=O)NCCNCC(C)(CO)CO. The minimum absolute atomic E-state index is 0.0689. The van der Waals surface area contributed by atoms with Crippen molar-refractivity contribution in [2.75, 3.05) is 46.9 Å². The van der Waals surface area contributed by atoms with Crippen molar-refractivity contribution in [3.8, 4) is 0 Å². The molecule has 0 aromatic carbocycles. The van der Waals surface area contributed by atoms with Gasteiger partial charge in [0.2, 0.25) is 0 Å². The third kappa shape index (κ3) is 5.89. The van der Waals surface area contributed by atoms with Gasteiger partial charge in [-0.1, -0.05) is 6.92 Å². The summed E-state index contributed by atoms with van der Waals surface area (Å²) in [6.07, 6.45) is 0. The van der Waals surface area contributed by atoms with Crippen LogP contribution in [0.3, 0.4) is 0 Å². The molecular weight excluding hydrogens is 210 g/mol. The Morgan fingerprint density at radius 1 is 1.25 bits per heavy atom. The Bertz CT molecular complexity index is 205. The quantitative estimate of drug-likeness (QED) is 0.418. The van der Waals surface area contributed by atoms with Crippen molar-refractivity contribution in [3.63, 3.8) is 0 Å². The second-order valence-corrected chi connectivity index (χ2v) is 4.43. The van der Waals surface area contributed by atoms with Gasteiger partial charge in [0.25, 0.3) is 0 Å². The van der Waals surface area contributed by atoms with Crippen LogP contribution in [0.4, 0.5) is 4.79 Å². The zero-order chi connectivity index (χ0) is 12.6. The lowest BCUT2D eigenvalue weighted by Gasteiger charge is -2.24. The van der Waals surface area contributed by atoms with Crippen molar-refractivity contribution >= 4 is 6.03 Å². The molecule has 2 amide bonds. The first kappa shape index (κ1) is 15.2. The predicted molar refractivity (Wildman–Crippen MR) is 62.2 cm³/mol. The van der Waals surface area contributed by atoms with Crippen molar-refractivity contribution in [1.82, 2.24) is 15.5 Å². The number of carbonyl (C=O) groups is 1. The number of rotatable bonds is 7. The first-order valence-corrected chi connectivity index (χ1v) is 5.33. The normalized spacial score (nSPS) is 11.3. The van der Waals surface area contributed by atoms with E-state index in [1.54, 1.807) is 21.0 Å². The summed E-state index contributed by atoms with van der Waals surface area (Å²) in [6, 6.07) is -0.131. The van der Waals surface area contributed by atoms with E-state index < -0.39 is 5.41 Å². The number of aliphatic hydroxyl groups excluding tert-OH is 2. The van der Waals surface area contributed by atoms with Crippen LogP contribution in [0.15, 0.2) is 0 Å². The van der Waals surface area contributed by atoms with Crippen LogP contribution >= 0.6 is 0 Å². The molecule has 0 unspecified atom stereocenters. The molecule has 0 saturated heterocycles. The van der Waals surface area contributed by atoms with Crippen LogP contribution < -0.4 is 10.6 Å². The zero-order valence-corrected chi connectivity index (χ0v) is 10.3. The molecule has 0 atom stereocenters. The molecule has 96 valence electrons. The van der Waals surface area contributed by atoms with Gasteiger partial charge in [0.1, 0.15) is 0 Å². The fourth-order valence-electron chi connectivity index (χ4n) is 0.968. The summed E-state index contributed by atoms with van der Waals surface area (Å²) in [4.78, 5) is 12.6. The van der Waals surface area contributed by atoms with Gasteiger partial charge < -0.3 is 25.7 Å². The molecule has 0 aliphatic heterocycles. The largest absolute Gasteiger partial charge is 0.396 e. The zero-order valence-electron chi connectivity index (χ0n) is 10.3. The molecule has 0 saturated carbocycles. The second-order valence-electron chi connectivity index (χ2n) is 4.43. The topological polar surface area (TPSA) is 84.8 Å². The summed E-state index contributed by atoms with van der Waals surface area (Å²) in [6.45, 7) is 3.29. The standard InChI is InChI=1S/C10H23N3O3/c1-10(7-14,8-15)6-11-4-5-12-9(16)13(2)3/h11,14-15H,4-8H2,1-3H3,(H,12,16). The number of nitrogens with zero attached hydrogens (tertiary/aromatic N) is 1. The average molecular weight is 233 g/mol. The monoisotopic (exact) mass is 233 g/mol. The number of aliphatic hydroxyl groups is 2. The first-order chi connectivity index (χ1) is 7.45. The van der Waals surface area contributed by atoms with Crippen LogP contribution in [0.1, 0.15) is 6.92 Å². The molecule has 0 bridgehead atoms. The highest BCUT2D eigenvalue weighted by molar-refractivity contribution is 5.73. The van der Waals surface area contributed by atoms with Gasteiger partial charge in [-0.2, -0.15) is 0 Å². The Morgan fingerprint density at radius 3 is 2.25 bits per heavy atom. The van der Waals surface area contributed by atoms with Crippen molar-refractivity contribution in [2.24, 2.45) is 5.41 Å². The fraction of sp³-hybridized carbons (Fsp3) is 0.900. The average Bonchev–Trinajstić information content (AvgIpc) is 2.27. The van der Waals surface area contributed by atoms with Crippen LogP contribution in [-0.2, 0) is 0 Å². The predicted octanol–water partition coefficient (Wildman–Crippen LogP) is -1.16. The number of urea groups is 1. The van der Waals surface area contributed by atoms with Crippen LogP contribution in [0.2, 0.25) is 0 Å². The van der Waals surface area contributed by atoms with Crippen LogP contribution in [0, 0.1) is 5.41 Å². The van der Waals surface area contributed by atoms with Crippen molar-refractivity contribution in [3.05, 3.63) is 0 Å². The van der Waals surface area contributed by atoms with Gasteiger partial charge >= 0.3 is 6.03 Å². The third-order valence-corrected chi connectivity index (χ3v) is 2.30. The molecule has 0 aliphatic carbocycles. The number of carbonyl (C=O) groups excluding carboxylic acids is 1. The van der Waals surface area contributed by atoms with Gasteiger partial charge in [0.05, 0.1) is 13.2 Å². The Morgan fingerprint density at radius 2 is 1.81 bits per heavy atom. The van der Waals surface area contributed by atoms with Gasteiger partial charge in [0.15, 0.2) is 0 Å². The van der Waals surface area contributed by atoms with E-state index in [0.29, 0.717) is 19.6 Å². The maximum atomic E-state index is 11.1. The van der Waals surface area contributed by atoms with Gasteiger partial charge in [-0.05, 0) is 0 Å². The smallest absolute Gasteiger partial charge is 0.316 e. The Hall–Kier alpha value is -0.850. The van der Waals surface area contributed by atoms with E-state index in [9.17, 15) is 4.79 Å². The van der Waals surface area contributed by atoms with Gasteiger partial charge in [-0.25, -0.2) is 4.79 Å². The number of hydrogen-bond acceptors (Lipinski definition) is 4. The molecule has 0 spiro atoms. The number of amides is 2. The lowest BCUT2D eigenvalue weighted by Crippen LogP contribution is -2.42. The van der Waals surface area contributed by atoms with Crippen molar-refractivity contribution in [1.29, 1.82) is 0 Å². The Labute approximate surface area is 96.6 Å². The Balaban J connectivity index is 3.57. The fourth-order valence-corrected chi connectivity index (χ4v) is 0.968. The highest BCUT2D eigenvalue weighted by atomic mass is 16.3. The molecule has 0 aromatic rings. The lowest BCUT2D eigenvalue weighted by molar-refractivity contribution is 0.0700. The summed E-state index contributed by atoms with van der Waals surface area (Å²) in [5.41, 5.74) is -0.508. The van der Waals surface area contributed by atoms with Crippen LogP contribution in [0.5, 0.6) is 0 Å². The minimum atomic E-state index is -0.508. The van der Waals surface area contributed by atoms with Gasteiger partial charge in [0, 0.05) is 39.1 Å². The highest BCUT2D eigenvalue weighted by Crippen LogP contribution is 2.11. The van der Waals surface area contributed by atoms with Gasteiger partial charge in [-0.3, -0.25) is 0 Å². The minimum Gasteiger partial charge on any atom is -0.396 e. The highest BCUT2D eigenvalue weighted by Gasteiger charge is 2.21. The first-order valence-electron chi connectivity index (χ1n) is 5.33. The van der Waals surface area contributed by atoms with E-state index in [1.807, 2.05) is 0 Å². The maximum absolute atomic E-state index is 11.1. The number of hydrogen-bond donors (Lipinski definition) is 4. The van der Waals surface area contributed by atoms with Crippen molar-refractivity contribution in [2.45, 2.75) is 6.92 Å². The maximum Gasteiger partial charge on any atom is 0.316 e. The van der Waals surface area contributed by atoms with Gasteiger partial charge in [-0.15, -0.1) is 0 Å². The van der Waals surface area contributed by atoms with E-state index in [2.05, 4.69) is 10.6 Å². The van der Waals surface area contributed by atoms with E-state index in [1.165, 1.54) is 4.90 Å². The third-order valence-electron chi connectivity index (χ3n) is 2.30. The summed E-state index contributed by atoms with van der Waals surface area (Å²) < 4.78 is 0. The number of nitrogens with one attached hydrogen (secondary N) is 2. The summed E-state index contributed by atoms with van der Waals surface area (Å²) in [7, 11) is 3.36. The molecule has 0 radical (unpaired) electrons. The second kappa shape index (κ2) is 7.43. The van der Waals surface area contributed by atoms with Crippen LogP contribution in [0.25, 0.3) is 0 Å². The molecule has 4 N–H and O–H groups in total. The van der Waals surface area contributed by atoms with E-state index >= 15 is 0 Å². The molecular formula is C10H23N3O3. The van der Waals surface area contributed by atoms with Crippen LogP contribution in [-0.4, -0.2) is 68.1 Å². The lowest BCUT2D eigenvalue weighted by atomic mass is 9.93. The molecule has 6 heteroatoms. The molecule has 16 heavy (non-hydrogen) atoms. The Kier molecular flexibility index (Phi) is 7.03. The summed E-state index contributed by atoms with van der Waals surface area (Å²) in [5.74, 6) is 0. The molecule has 0 aliphatic rings. The van der Waals surface area contributed by atoms with E-state index in [4.69, 9.17) is 10.2 Å². The molecule has 0 rings (SSSR count). The molecule has 0 fully saturated rings. The summed E-state index contributed by atoms with van der Waals surface area (Å²) in [5, 5.41) is 23.8. The van der Waals surface area contributed by atoms with E-state index in [0.717, 1.165) is 0 Å². The molecule has 0 heterocycles. The van der Waals surface area contributed by atoms with Crippen molar-refractivity contribution < 1.29 is 15.0 Å². The summed E-state index contributed by atoms with van der Waals surface area (Å²) >= 11 is 0.